The topological polar surface area (TPSA) is 68.5 Å². The second-order valence-electron chi connectivity index (χ2n) is 8.25. The van der Waals surface area contributed by atoms with E-state index < -0.39 is 0 Å². The normalized spacial score (nSPS) is 17.0. The molecule has 1 aromatic heterocycles. The Hall–Kier alpha value is -2.45. The van der Waals surface area contributed by atoms with Crippen molar-refractivity contribution in [1.82, 2.24) is 30.0 Å². The van der Waals surface area contributed by atoms with Crippen LogP contribution in [0.2, 0.25) is 0 Å². The molecule has 0 aliphatic carbocycles. The number of hydrogen-bond donors (Lipinski definition) is 0. The molecule has 8 nitrogen and oxygen atoms in total. The summed E-state index contributed by atoms with van der Waals surface area (Å²) in [7, 11) is 3.38. The number of ether oxygens (including phenoxy) is 2. The van der Waals surface area contributed by atoms with Crippen molar-refractivity contribution in [2.75, 3.05) is 46.9 Å². The second-order valence-corrected chi connectivity index (χ2v) is 8.25. The van der Waals surface area contributed by atoms with Gasteiger partial charge in [-0.15, -0.1) is 11.7 Å². The first-order valence-electron chi connectivity index (χ1n) is 10.5. The predicted octanol–water partition coefficient (Wildman–Crippen LogP) is 2.73. The molecule has 2 heterocycles. The third kappa shape index (κ3) is 4.49. The lowest BCUT2D eigenvalue weighted by atomic mass is 9.98. The minimum Gasteiger partial charge on any atom is -0.497 e. The molecule has 1 fully saturated rings. The number of methoxy groups -OCH3 is 2. The molecule has 1 aromatic carbocycles. The SMILES string of the molecule is C=CCN1CCN(C(c2cc(OC)ccc2OC)c2nnnn2C(C)(C)CC)CC1. The minimum atomic E-state index is -0.201. The molecule has 1 aliphatic rings. The molecule has 0 bridgehead atoms. The molecule has 30 heavy (non-hydrogen) atoms. The van der Waals surface area contributed by atoms with Crippen molar-refractivity contribution in [1.29, 1.82) is 0 Å². The number of piperazine rings is 1. The zero-order valence-electron chi connectivity index (χ0n) is 18.8. The molecule has 8 heteroatoms. The Kier molecular flexibility index (Phi) is 7.10. The van der Waals surface area contributed by atoms with E-state index in [1.54, 1.807) is 14.2 Å². The summed E-state index contributed by atoms with van der Waals surface area (Å²) in [6.45, 7) is 15.0. The highest BCUT2D eigenvalue weighted by Crippen LogP contribution is 2.38. The lowest BCUT2D eigenvalue weighted by Crippen LogP contribution is -2.48. The van der Waals surface area contributed by atoms with Crippen LogP contribution in [0.3, 0.4) is 0 Å². The predicted molar refractivity (Wildman–Crippen MR) is 117 cm³/mol. The van der Waals surface area contributed by atoms with Gasteiger partial charge in [0.05, 0.1) is 19.8 Å². The van der Waals surface area contributed by atoms with Gasteiger partial charge in [0.1, 0.15) is 17.5 Å². The number of nitrogens with zero attached hydrogens (tertiary/aromatic N) is 6. The molecule has 164 valence electrons. The average molecular weight is 415 g/mol. The van der Waals surface area contributed by atoms with Gasteiger partial charge < -0.3 is 9.47 Å². The van der Waals surface area contributed by atoms with E-state index in [2.05, 4.69) is 52.7 Å². The number of tetrazole rings is 1. The van der Waals surface area contributed by atoms with E-state index in [4.69, 9.17) is 9.47 Å². The molecule has 1 aliphatic heterocycles. The lowest BCUT2D eigenvalue weighted by Gasteiger charge is -2.39. The molecule has 0 radical (unpaired) electrons. The highest BCUT2D eigenvalue weighted by molar-refractivity contribution is 5.44. The maximum atomic E-state index is 5.74. The molecule has 2 aromatic rings. The molecular weight excluding hydrogens is 380 g/mol. The van der Waals surface area contributed by atoms with Crippen molar-refractivity contribution in [2.45, 2.75) is 38.8 Å². The van der Waals surface area contributed by atoms with Gasteiger partial charge in [0.2, 0.25) is 0 Å². The first kappa shape index (κ1) is 22.2. The van der Waals surface area contributed by atoms with Crippen LogP contribution in [0.25, 0.3) is 0 Å². The van der Waals surface area contributed by atoms with Crippen LogP contribution in [0.5, 0.6) is 11.5 Å². The highest BCUT2D eigenvalue weighted by atomic mass is 16.5. The number of aromatic nitrogens is 4. The summed E-state index contributed by atoms with van der Waals surface area (Å²) < 4.78 is 13.2. The summed E-state index contributed by atoms with van der Waals surface area (Å²) in [5, 5.41) is 12.9. The Balaban J connectivity index is 2.08. The molecule has 0 spiro atoms. The molecular formula is C22H34N6O2. The summed E-state index contributed by atoms with van der Waals surface area (Å²) in [6, 6.07) is 5.77. The monoisotopic (exact) mass is 414 g/mol. The van der Waals surface area contributed by atoms with Gasteiger partial charge >= 0.3 is 0 Å². The summed E-state index contributed by atoms with van der Waals surface area (Å²) in [4.78, 5) is 4.84. The van der Waals surface area contributed by atoms with E-state index in [1.807, 2.05) is 29.0 Å². The number of hydrogen-bond acceptors (Lipinski definition) is 7. The number of benzene rings is 1. The smallest absolute Gasteiger partial charge is 0.173 e. The van der Waals surface area contributed by atoms with E-state index in [9.17, 15) is 0 Å². The first-order chi connectivity index (χ1) is 14.4. The Bertz CT molecular complexity index is 842. The number of rotatable bonds is 9. The Morgan fingerprint density at radius 1 is 1.17 bits per heavy atom. The maximum absolute atomic E-state index is 5.74. The quantitative estimate of drug-likeness (QED) is 0.585. The van der Waals surface area contributed by atoms with Gasteiger partial charge in [0.15, 0.2) is 5.82 Å². The van der Waals surface area contributed by atoms with Gasteiger partial charge in [-0.05, 0) is 48.9 Å². The second kappa shape index (κ2) is 9.57. The molecule has 0 N–H and O–H groups in total. The fraction of sp³-hybridized carbons (Fsp3) is 0.591. The van der Waals surface area contributed by atoms with Gasteiger partial charge in [-0.3, -0.25) is 9.80 Å². The highest BCUT2D eigenvalue weighted by Gasteiger charge is 2.35. The Morgan fingerprint density at radius 2 is 1.90 bits per heavy atom. The summed E-state index contributed by atoms with van der Waals surface area (Å²) >= 11 is 0. The fourth-order valence-corrected chi connectivity index (χ4v) is 3.88. The van der Waals surface area contributed by atoms with Crippen LogP contribution < -0.4 is 9.47 Å². The van der Waals surface area contributed by atoms with Crippen molar-refractivity contribution < 1.29 is 9.47 Å². The Labute approximate surface area is 179 Å². The van der Waals surface area contributed by atoms with E-state index >= 15 is 0 Å². The van der Waals surface area contributed by atoms with Gasteiger partial charge in [-0.25, -0.2) is 4.68 Å². The molecule has 1 unspecified atom stereocenters. The largest absolute Gasteiger partial charge is 0.497 e. The third-order valence-corrected chi connectivity index (χ3v) is 6.07. The standard InChI is InChI=1S/C22H34N6O2/c1-7-11-26-12-14-27(15-13-26)20(18-16-17(29-5)9-10-19(18)30-6)21-23-24-25-28(21)22(3,4)8-2/h7,9-10,16,20H,1,8,11-15H2,2-6H3. The van der Waals surface area contributed by atoms with Crippen molar-refractivity contribution in [3.8, 4) is 11.5 Å². The van der Waals surface area contributed by atoms with E-state index in [0.717, 1.165) is 62.0 Å². The van der Waals surface area contributed by atoms with Crippen molar-refractivity contribution in [3.05, 3.63) is 42.2 Å². The van der Waals surface area contributed by atoms with Crippen LogP contribution in [0.4, 0.5) is 0 Å². The van der Waals surface area contributed by atoms with Crippen LogP contribution >= 0.6 is 0 Å². The van der Waals surface area contributed by atoms with Crippen molar-refractivity contribution in [3.63, 3.8) is 0 Å². The van der Waals surface area contributed by atoms with Crippen LogP contribution in [0, 0.1) is 0 Å². The van der Waals surface area contributed by atoms with E-state index in [-0.39, 0.29) is 11.6 Å². The van der Waals surface area contributed by atoms with Gasteiger partial charge in [0, 0.05) is 38.3 Å². The molecule has 3 rings (SSSR count). The maximum Gasteiger partial charge on any atom is 0.173 e. The zero-order valence-corrected chi connectivity index (χ0v) is 18.8. The van der Waals surface area contributed by atoms with Gasteiger partial charge in [0.25, 0.3) is 0 Å². The van der Waals surface area contributed by atoms with Crippen LogP contribution in [-0.2, 0) is 5.54 Å². The molecule has 0 saturated carbocycles. The molecule has 0 amide bonds. The summed E-state index contributed by atoms with van der Waals surface area (Å²) in [5.41, 5.74) is 0.811. The van der Waals surface area contributed by atoms with E-state index in [0.29, 0.717) is 0 Å². The molecule has 1 atom stereocenters. The van der Waals surface area contributed by atoms with Gasteiger partial charge in [-0.1, -0.05) is 13.0 Å². The first-order valence-corrected chi connectivity index (χ1v) is 10.5. The fourth-order valence-electron chi connectivity index (χ4n) is 3.88. The zero-order chi connectivity index (χ0) is 21.7. The van der Waals surface area contributed by atoms with Crippen molar-refractivity contribution in [2.24, 2.45) is 0 Å². The van der Waals surface area contributed by atoms with Crippen LogP contribution in [0.1, 0.15) is 44.6 Å². The Morgan fingerprint density at radius 3 is 2.50 bits per heavy atom. The summed E-state index contributed by atoms with van der Waals surface area (Å²) in [6.07, 6.45) is 2.88. The lowest BCUT2D eigenvalue weighted by molar-refractivity contribution is 0.108. The van der Waals surface area contributed by atoms with Crippen LogP contribution in [0.15, 0.2) is 30.9 Å². The van der Waals surface area contributed by atoms with Crippen molar-refractivity contribution >= 4 is 0 Å². The van der Waals surface area contributed by atoms with Gasteiger partial charge in [-0.2, -0.15) is 0 Å². The van der Waals surface area contributed by atoms with E-state index in [1.165, 1.54) is 0 Å². The van der Waals surface area contributed by atoms with Crippen LogP contribution in [-0.4, -0.2) is 77.0 Å². The third-order valence-electron chi connectivity index (χ3n) is 6.07. The summed E-state index contributed by atoms with van der Waals surface area (Å²) in [5.74, 6) is 2.42. The molecule has 1 saturated heterocycles. The minimum absolute atomic E-state index is 0.137. The average Bonchev–Trinajstić information content (AvgIpc) is 3.25.